The van der Waals surface area contributed by atoms with Crippen LogP contribution in [0.1, 0.15) is 5.69 Å². The molecule has 1 aromatic heterocycles. The highest BCUT2D eigenvalue weighted by molar-refractivity contribution is 9.10. The summed E-state index contributed by atoms with van der Waals surface area (Å²) >= 11 is 3.51. The van der Waals surface area contributed by atoms with E-state index < -0.39 is 0 Å². The molecule has 2 heterocycles. The molecule has 0 fully saturated rings. The molecule has 0 spiro atoms. The predicted molar refractivity (Wildman–Crippen MR) is 100 cm³/mol. The molecule has 25 heavy (non-hydrogen) atoms. The van der Waals surface area contributed by atoms with Crippen molar-refractivity contribution in [2.45, 2.75) is 6.92 Å². The van der Waals surface area contributed by atoms with Crippen LogP contribution in [-0.2, 0) is 0 Å². The molecule has 7 heteroatoms. The number of hydrogen-bond acceptors (Lipinski definition) is 6. The lowest BCUT2D eigenvalue weighted by Crippen LogP contribution is -2.02. The first-order chi connectivity index (χ1) is 12.2. The molecule has 3 aromatic rings. The topological polar surface area (TPSA) is 68.3 Å². The molecular formula is C18H15BrN4O2. The molecule has 0 aliphatic carbocycles. The fourth-order valence-electron chi connectivity index (χ4n) is 2.49. The Hall–Kier alpha value is -2.80. The number of para-hydroxylation sites is 1. The van der Waals surface area contributed by atoms with Crippen molar-refractivity contribution in [1.82, 2.24) is 9.97 Å². The Morgan fingerprint density at radius 3 is 2.68 bits per heavy atom. The normalized spacial score (nSPS) is 12.1. The van der Waals surface area contributed by atoms with Gasteiger partial charge in [-0.3, -0.25) is 0 Å². The molecule has 2 aromatic carbocycles. The van der Waals surface area contributed by atoms with Gasteiger partial charge in [0, 0.05) is 28.0 Å². The van der Waals surface area contributed by atoms with Crippen LogP contribution in [0.25, 0.3) is 0 Å². The summed E-state index contributed by atoms with van der Waals surface area (Å²) in [6.45, 7) is 2.18. The van der Waals surface area contributed by atoms with Crippen LogP contribution < -0.4 is 20.1 Å². The third-order valence-corrected chi connectivity index (χ3v) is 4.31. The lowest BCUT2D eigenvalue weighted by Gasteiger charge is -2.11. The van der Waals surface area contributed by atoms with Gasteiger partial charge in [0.05, 0.1) is 5.69 Å². The van der Waals surface area contributed by atoms with Crippen molar-refractivity contribution in [2.75, 3.05) is 17.4 Å². The van der Waals surface area contributed by atoms with E-state index in [1.165, 1.54) is 0 Å². The third-order valence-electron chi connectivity index (χ3n) is 3.62. The van der Waals surface area contributed by atoms with Crippen molar-refractivity contribution in [1.29, 1.82) is 0 Å². The molecule has 0 saturated heterocycles. The number of nitrogens with one attached hydrogen (secondary N) is 2. The lowest BCUT2D eigenvalue weighted by molar-refractivity contribution is 0.174. The molecule has 0 unspecified atom stereocenters. The van der Waals surface area contributed by atoms with Crippen LogP contribution >= 0.6 is 15.9 Å². The van der Waals surface area contributed by atoms with Crippen LogP contribution in [0, 0.1) is 6.92 Å². The molecule has 0 bridgehead atoms. The van der Waals surface area contributed by atoms with E-state index in [4.69, 9.17) is 9.47 Å². The molecule has 126 valence electrons. The highest BCUT2D eigenvalue weighted by atomic mass is 79.9. The minimum absolute atomic E-state index is 0.255. The summed E-state index contributed by atoms with van der Waals surface area (Å²) in [6.07, 6.45) is 0. The largest absolute Gasteiger partial charge is 0.454 e. The average Bonchev–Trinajstić information content (AvgIpc) is 3.04. The van der Waals surface area contributed by atoms with Gasteiger partial charge in [0.1, 0.15) is 5.82 Å². The van der Waals surface area contributed by atoms with Gasteiger partial charge in [0.25, 0.3) is 0 Å². The number of benzene rings is 2. The van der Waals surface area contributed by atoms with Crippen molar-refractivity contribution in [3.05, 3.63) is 58.7 Å². The van der Waals surface area contributed by atoms with Gasteiger partial charge < -0.3 is 20.1 Å². The molecular weight excluding hydrogens is 384 g/mol. The van der Waals surface area contributed by atoms with Crippen molar-refractivity contribution in [3.63, 3.8) is 0 Å². The van der Waals surface area contributed by atoms with E-state index in [2.05, 4.69) is 36.5 Å². The van der Waals surface area contributed by atoms with Crippen molar-refractivity contribution in [3.8, 4) is 11.5 Å². The molecule has 4 rings (SSSR count). The van der Waals surface area contributed by atoms with E-state index in [0.717, 1.165) is 33.0 Å². The van der Waals surface area contributed by atoms with E-state index in [1.54, 1.807) is 0 Å². The number of rotatable bonds is 4. The second-order valence-electron chi connectivity index (χ2n) is 5.52. The second-order valence-corrected chi connectivity index (χ2v) is 6.37. The molecule has 1 aliphatic heterocycles. The highest BCUT2D eigenvalue weighted by Crippen LogP contribution is 2.35. The number of anilines is 4. The Labute approximate surface area is 153 Å². The van der Waals surface area contributed by atoms with Crippen molar-refractivity contribution < 1.29 is 9.47 Å². The molecule has 1 aliphatic rings. The summed E-state index contributed by atoms with van der Waals surface area (Å²) in [5, 5.41) is 6.50. The van der Waals surface area contributed by atoms with Crippen LogP contribution in [0.15, 0.2) is 53.0 Å². The highest BCUT2D eigenvalue weighted by Gasteiger charge is 2.13. The molecule has 0 amide bonds. The maximum absolute atomic E-state index is 5.40. The molecule has 0 radical (unpaired) electrons. The number of ether oxygens (including phenoxy) is 2. The molecule has 0 atom stereocenters. The van der Waals surface area contributed by atoms with Crippen LogP contribution in [-0.4, -0.2) is 16.8 Å². The zero-order valence-corrected chi connectivity index (χ0v) is 15.0. The molecule has 0 saturated carbocycles. The van der Waals surface area contributed by atoms with E-state index >= 15 is 0 Å². The first-order valence-electron chi connectivity index (χ1n) is 7.71. The van der Waals surface area contributed by atoms with Crippen molar-refractivity contribution in [2.24, 2.45) is 0 Å². The van der Waals surface area contributed by atoms with Gasteiger partial charge in [-0.25, -0.2) is 4.98 Å². The van der Waals surface area contributed by atoms with Gasteiger partial charge in [-0.2, -0.15) is 4.98 Å². The third kappa shape index (κ3) is 3.51. The smallest absolute Gasteiger partial charge is 0.231 e. The maximum Gasteiger partial charge on any atom is 0.231 e. The fourth-order valence-corrected chi connectivity index (χ4v) is 2.88. The van der Waals surface area contributed by atoms with Crippen molar-refractivity contribution >= 4 is 39.1 Å². The van der Waals surface area contributed by atoms with Gasteiger partial charge >= 0.3 is 0 Å². The monoisotopic (exact) mass is 398 g/mol. The Balaban J connectivity index is 1.58. The summed E-state index contributed by atoms with van der Waals surface area (Å²) in [5.41, 5.74) is 2.63. The first kappa shape index (κ1) is 15.7. The zero-order valence-electron chi connectivity index (χ0n) is 13.4. The second kappa shape index (κ2) is 6.60. The average molecular weight is 399 g/mol. The van der Waals surface area contributed by atoms with E-state index in [0.29, 0.717) is 11.8 Å². The number of halogens is 1. The van der Waals surface area contributed by atoms with Crippen LogP contribution in [0.3, 0.4) is 0 Å². The van der Waals surface area contributed by atoms with E-state index in [-0.39, 0.29) is 6.79 Å². The number of hydrogen-bond donors (Lipinski definition) is 2. The van der Waals surface area contributed by atoms with E-state index in [1.807, 2.05) is 55.5 Å². The van der Waals surface area contributed by atoms with Gasteiger partial charge in [-0.15, -0.1) is 0 Å². The number of aryl methyl sites for hydroxylation is 1. The maximum atomic E-state index is 5.40. The summed E-state index contributed by atoms with van der Waals surface area (Å²) in [6, 6.07) is 15.4. The fraction of sp³-hybridized carbons (Fsp3) is 0.111. The Bertz CT molecular complexity index is 933. The molecule has 6 nitrogen and oxygen atoms in total. The quantitative estimate of drug-likeness (QED) is 0.659. The number of fused-ring (bicyclic) bond motifs is 1. The Morgan fingerprint density at radius 1 is 0.960 bits per heavy atom. The van der Waals surface area contributed by atoms with Crippen LogP contribution in [0.2, 0.25) is 0 Å². The summed E-state index contributed by atoms with van der Waals surface area (Å²) in [4.78, 5) is 8.97. The lowest BCUT2D eigenvalue weighted by atomic mass is 10.2. The van der Waals surface area contributed by atoms with Crippen LogP contribution in [0.5, 0.6) is 11.5 Å². The van der Waals surface area contributed by atoms with E-state index in [9.17, 15) is 0 Å². The number of nitrogens with zero attached hydrogens (tertiary/aromatic N) is 2. The Morgan fingerprint density at radius 2 is 1.80 bits per heavy atom. The summed E-state index contributed by atoms with van der Waals surface area (Å²) < 4.78 is 11.7. The van der Waals surface area contributed by atoms with Crippen LogP contribution in [0.4, 0.5) is 23.1 Å². The first-order valence-corrected chi connectivity index (χ1v) is 8.50. The minimum atomic E-state index is 0.255. The predicted octanol–water partition coefficient (Wildman–Crippen LogP) is 4.76. The number of aromatic nitrogens is 2. The van der Waals surface area contributed by atoms with Gasteiger partial charge in [-0.05, 0) is 47.1 Å². The minimum Gasteiger partial charge on any atom is -0.454 e. The summed E-state index contributed by atoms with van der Waals surface area (Å²) in [5.74, 6) is 2.69. The van der Waals surface area contributed by atoms with Gasteiger partial charge in [0.2, 0.25) is 12.7 Å². The molecule has 2 N–H and O–H groups in total. The standard InChI is InChI=1S/C18H15BrN4O2/c1-11-8-17(21-12-6-7-15-16(9-12)25-10-24-15)23-18(20-11)22-14-5-3-2-4-13(14)19/h2-9H,10H2,1H3,(H2,20,21,22,23). The van der Waals surface area contributed by atoms with Gasteiger partial charge in [-0.1, -0.05) is 12.1 Å². The summed E-state index contributed by atoms with van der Waals surface area (Å²) in [7, 11) is 0. The van der Waals surface area contributed by atoms with Gasteiger partial charge in [0.15, 0.2) is 11.5 Å². The SMILES string of the molecule is Cc1cc(Nc2ccc3c(c2)OCO3)nc(Nc2ccccc2Br)n1. The Kier molecular flexibility index (Phi) is 4.15. The zero-order chi connectivity index (χ0) is 17.2.